The summed E-state index contributed by atoms with van der Waals surface area (Å²) in [5.41, 5.74) is 4.27. The van der Waals surface area contributed by atoms with E-state index < -0.39 is 0 Å². The van der Waals surface area contributed by atoms with Crippen molar-refractivity contribution in [3.05, 3.63) is 94.5 Å². The number of ether oxygens (including phenoxy) is 2. The molecule has 2 aliphatic heterocycles. The van der Waals surface area contributed by atoms with Gasteiger partial charge in [0.15, 0.2) is 0 Å². The maximum atomic E-state index is 13.6. The van der Waals surface area contributed by atoms with E-state index in [4.69, 9.17) is 14.7 Å². The molecule has 9 heteroatoms. The van der Waals surface area contributed by atoms with E-state index in [-0.39, 0.29) is 55.0 Å². The SMILES string of the molecule is CN1C(=O)c2cc(NC(=O)c3ccc(C#N)cc3)ccc2OC[C@@H]2O[C@H](CC(=O)NC3Cc4ccccc4C3)CC[C@@H]21. The molecule has 0 unspecified atom stereocenters. The molecule has 6 rings (SSSR count). The number of hydrogen-bond acceptors (Lipinski definition) is 6. The normalized spacial score (nSPS) is 21.5. The average molecular weight is 565 g/mol. The van der Waals surface area contributed by atoms with E-state index in [1.165, 1.54) is 11.1 Å². The summed E-state index contributed by atoms with van der Waals surface area (Å²) in [7, 11) is 1.76. The van der Waals surface area contributed by atoms with Crippen LogP contribution in [0, 0.1) is 11.3 Å². The number of benzene rings is 3. The highest BCUT2D eigenvalue weighted by Gasteiger charge is 2.39. The van der Waals surface area contributed by atoms with Gasteiger partial charge in [0, 0.05) is 24.3 Å². The summed E-state index contributed by atoms with van der Waals surface area (Å²) in [4.78, 5) is 40.8. The van der Waals surface area contributed by atoms with E-state index >= 15 is 0 Å². The third-order valence-electron chi connectivity index (χ3n) is 8.37. The monoisotopic (exact) mass is 564 g/mol. The number of anilines is 1. The van der Waals surface area contributed by atoms with E-state index in [0.29, 0.717) is 41.0 Å². The van der Waals surface area contributed by atoms with E-state index in [1.54, 1.807) is 54.4 Å². The Morgan fingerprint density at radius 2 is 1.76 bits per heavy atom. The highest BCUT2D eigenvalue weighted by Crippen LogP contribution is 2.33. The first-order valence-electron chi connectivity index (χ1n) is 14.2. The van der Waals surface area contributed by atoms with E-state index in [1.807, 2.05) is 18.2 Å². The standard InChI is InChI=1S/C33H32N4O5/c1-37-28-12-11-26(17-31(38)35-25-14-22-4-2-3-5-23(22)15-25)42-30(28)19-41-29-13-10-24(16-27(29)33(37)40)36-32(39)21-8-6-20(18-34)7-9-21/h2-10,13,16,25-26,28,30H,11-12,14-15,17,19H2,1H3,(H,35,38)(H,36,39)/t26-,28-,30-/m0/s1. The number of likely N-dealkylation sites (N-methyl/N-ethyl adjacent to an activating group) is 1. The van der Waals surface area contributed by atoms with E-state index in [0.717, 1.165) is 12.8 Å². The molecule has 0 bridgehead atoms. The number of nitrogens with zero attached hydrogens (tertiary/aromatic N) is 2. The number of rotatable bonds is 5. The van der Waals surface area contributed by atoms with Crippen molar-refractivity contribution in [1.29, 1.82) is 5.26 Å². The molecule has 3 atom stereocenters. The summed E-state index contributed by atoms with van der Waals surface area (Å²) in [5, 5.41) is 15.0. The van der Waals surface area contributed by atoms with Crippen molar-refractivity contribution in [2.45, 2.75) is 56.4 Å². The number of carbonyl (C=O) groups is 3. The van der Waals surface area contributed by atoms with Crippen LogP contribution in [0.25, 0.3) is 0 Å². The predicted molar refractivity (Wildman–Crippen MR) is 155 cm³/mol. The molecule has 1 aliphatic carbocycles. The summed E-state index contributed by atoms with van der Waals surface area (Å²) >= 11 is 0. The highest BCUT2D eigenvalue weighted by atomic mass is 16.5. The zero-order chi connectivity index (χ0) is 29.2. The topological polar surface area (TPSA) is 121 Å². The number of nitriles is 1. The van der Waals surface area contributed by atoms with Crippen molar-refractivity contribution in [3.63, 3.8) is 0 Å². The van der Waals surface area contributed by atoms with Crippen molar-refractivity contribution < 1.29 is 23.9 Å². The molecule has 0 saturated carbocycles. The molecule has 1 saturated heterocycles. The van der Waals surface area contributed by atoms with Crippen LogP contribution >= 0.6 is 0 Å². The minimum Gasteiger partial charge on any atom is -0.490 e. The molecule has 42 heavy (non-hydrogen) atoms. The number of nitrogens with one attached hydrogen (secondary N) is 2. The van der Waals surface area contributed by atoms with Gasteiger partial charge in [-0.25, -0.2) is 0 Å². The van der Waals surface area contributed by atoms with Gasteiger partial charge in [0.2, 0.25) is 5.91 Å². The number of hydrogen-bond donors (Lipinski definition) is 2. The van der Waals surface area contributed by atoms with Crippen LogP contribution in [0.2, 0.25) is 0 Å². The Morgan fingerprint density at radius 3 is 2.48 bits per heavy atom. The van der Waals surface area contributed by atoms with Gasteiger partial charge >= 0.3 is 0 Å². The smallest absolute Gasteiger partial charge is 0.257 e. The first-order chi connectivity index (χ1) is 20.4. The van der Waals surface area contributed by atoms with E-state index in [9.17, 15) is 14.4 Å². The molecule has 3 aromatic carbocycles. The van der Waals surface area contributed by atoms with Crippen LogP contribution in [0.3, 0.4) is 0 Å². The van der Waals surface area contributed by atoms with Gasteiger partial charge in [0.1, 0.15) is 18.5 Å². The highest BCUT2D eigenvalue weighted by molar-refractivity contribution is 6.05. The Bertz CT molecular complexity index is 1540. The Morgan fingerprint density at radius 1 is 1.02 bits per heavy atom. The average Bonchev–Trinajstić information content (AvgIpc) is 3.41. The zero-order valence-corrected chi connectivity index (χ0v) is 23.3. The first-order valence-corrected chi connectivity index (χ1v) is 14.2. The molecule has 2 N–H and O–H groups in total. The predicted octanol–water partition coefficient (Wildman–Crippen LogP) is 3.86. The minimum absolute atomic E-state index is 0.0200. The maximum absolute atomic E-state index is 13.6. The van der Waals surface area contributed by atoms with Gasteiger partial charge in [0.05, 0.1) is 35.8 Å². The number of carbonyl (C=O) groups excluding carboxylic acids is 3. The molecule has 214 valence electrons. The molecule has 0 spiro atoms. The van der Waals surface area contributed by atoms with Gasteiger partial charge in [-0.1, -0.05) is 24.3 Å². The van der Waals surface area contributed by atoms with Gasteiger partial charge in [0.25, 0.3) is 11.8 Å². The number of amides is 3. The van der Waals surface area contributed by atoms with Crippen molar-refractivity contribution in [1.82, 2.24) is 10.2 Å². The maximum Gasteiger partial charge on any atom is 0.257 e. The zero-order valence-electron chi connectivity index (χ0n) is 23.3. The Hall–Kier alpha value is -4.68. The molecule has 9 nitrogen and oxygen atoms in total. The molecule has 2 heterocycles. The second-order valence-electron chi connectivity index (χ2n) is 11.2. The summed E-state index contributed by atoms with van der Waals surface area (Å²) in [6.07, 6.45) is 2.69. The second kappa shape index (κ2) is 11.7. The summed E-state index contributed by atoms with van der Waals surface area (Å²) in [6, 6.07) is 21.5. The fourth-order valence-electron chi connectivity index (χ4n) is 6.16. The van der Waals surface area contributed by atoms with Crippen LogP contribution in [-0.4, -0.2) is 60.6 Å². The second-order valence-corrected chi connectivity index (χ2v) is 11.2. The van der Waals surface area contributed by atoms with Crippen molar-refractivity contribution in [2.75, 3.05) is 19.0 Å². The van der Waals surface area contributed by atoms with Crippen LogP contribution < -0.4 is 15.4 Å². The lowest BCUT2D eigenvalue weighted by Crippen LogP contribution is -2.54. The molecule has 1 fully saturated rings. The first kappa shape index (κ1) is 27.5. The quantitative estimate of drug-likeness (QED) is 0.486. The Kier molecular flexibility index (Phi) is 7.64. The van der Waals surface area contributed by atoms with Crippen LogP contribution in [0.15, 0.2) is 66.7 Å². The largest absolute Gasteiger partial charge is 0.490 e. The lowest BCUT2D eigenvalue weighted by atomic mass is 9.94. The van der Waals surface area contributed by atoms with Gasteiger partial charge in [-0.2, -0.15) is 5.26 Å². The van der Waals surface area contributed by atoms with Crippen molar-refractivity contribution in [3.8, 4) is 11.8 Å². The summed E-state index contributed by atoms with van der Waals surface area (Å²) in [6.45, 7) is 0.238. The minimum atomic E-state index is -0.370. The molecule has 3 aromatic rings. The summed E-state index contributed by atoms with van der Waals surface area (Å²) in [5.74, 6) is -0.186. The third-order valence-corrected chi connectivity index (χ3v) is 8.37. The van der Waals surface area contributed by atoms with Crippen molar-refractivity contribution >= 4 is 23.4 Å². The fraction of sp³-hybridized carbons (Fsp3) is 0.333. The lowest BCUT2D eigenvalue weighted by molar-refractivity contribution is -0.134. The fourth-order valence-corrected chi connectivity index (χ4v) is 6.16. The Labute approximate surface area is 244 Å². The van der Waals surface area contributed by atoms with Crippen molar-refractivity contribution in [2.24, 2.45) is 0 Å². The van der Waals surface area contributed by atoms with Crippen LogP contribution in [0.5, 0.6) is 5.75 Å². The molecule has 3 aliphatic rings. The molecule has 0 radical (unpaired) electrons. The molecule has 3 amide bonds. The van der Waals surface area contributed by atoms with Gasteiger partial charge in [-0.15, -0.1) is 0 Å². The third kappa shape index (κ3) is 5.71. The molecular formula is C33H32N4O5. The van der Waals surface area contributed by atoms with Crippen LogP contribution in [0.4, 0.5) is 5.69 Å². The van der Waals surface area contributed by atoms with E-state index in [2.05, 4.69) is 22.8 Å². The van der Waals surface area contributed by atoms with Gasteiger partial charge in [-0.05, 0) is 79.3 Å². The Balaban J connectivity index is 1.08. The molecular weight excluding hydrogens is 532 g/mol. The lowest BCUT2D eigenvalue weighted by Gasteiger charge is -2.42. The molecule has 0 aromatic heterocycles. The van der Waals surface area contributed by atoms with Crippen LogP contribution in [0.1, 0.15) is 56.7 Å². The van der Waals surface area contributed by atoms with Gasteiger partial charge in [-0.3, -0.25) is 14.4 Å². The summed E-state index contributed by atoms with van der Waals surface area (Å²) < 4.78 is 12.4. The number of fused-ring (bicyclic) bond motifs is 3. The van der Waals surface area contributed by atoms with Gasteiger partial charge < -0.3 is 25.0 Å². The van der Waals surface area contributed by atoms with Crippen LogP contribution in [-0.2, 0) is 22.4 Å².